The topological polar surface area (TPSA) is 126 Å². The second-order valence-electron chi connectivity index (χ2n) is 8.08. The summed E-state index contributed by atoms with van der Waals surface area (Å²) in [5, 5.41) is 22.7. The molecule has 0 saturated heterocycles. The summed E-state index contributed by atoms with van der Waals surface area (Å²) in [5.74, 6) is -3.62. The first kappa shape index (κ1) is 24.4. The number of halogens is 6. The van der Waals surface area contributed by atoms with Crippen LogP contribution in [0.2, 0.25) is 0 Å². The van der Waals surface area contributed by atoms with E-state index >= 15 is 0 Å². The van der Waals surface area contributed by atoms with Crippen LogP contribution in [0.3, 0.4) is 0 Å². The molecule has 1 aliphatic rings. The Morgan fingerprint density at radius 2 is 1.95 bits per heavy atom. The van der Waals surface area contributed by atoms with Crippen LogP contribution in [-0.4, -0.2) is 58.4 Å². The molecule has 194 valence electrons. The predicted molar refractivity (Wildman–Crippen MR) is 113 cm³/mol. The van der Waals surface area contributed by atoms with Gasteiger partial charge in [0.25, 0.3) is 6.43 Å². The van der Waals surface area contributed by atoms with Crippen LogP contribution in [-0.2, 0) is 0 Å². The first-order valence-corrected chi connectivity index (χ1v) is 10.5. The number of hydrogen-bond acceptors (Lipinski definition) is 7. The van der Waals surface area contributed by atoms with Gasteiger partial charge in [0.05, 0.1) is 53.0 Å². The van der Waals surface area contributed by atoms with Crippen molar-refractivity contribution >= 4 is 23.1 Å². The lowest BCUT2D eigenvalue weighted by Gasteiger charge is -2.19. The Morgan fingerprint density at radius 3 is 2.62 bits per heavy atom. The number of amides is 2. The minimum absolute atomic E-state index is 0.0759. The SMILES string of the molecule is CC(O)c1cnnn1-c1ncc(NC(=O)N2CC(C(F)(F)F)c3c2cnc2cc(F)nn32)cc1C(F)F. The fourth-order valence-corrected chi connectivity index (χ4v) is 4.03. The van der Waals surface area contributed by atoms with Gasteiger partial charge in [-0.15, -0.1) is 10.2 Å². The molecule has 0 aromatic carbocycles. The molecule has 0 bridgehead atoms. The van der Waals surface area contributed by atoms with Crippen molar-refractivity contribution in [3.05, 3.63) is 53.6 Å². The van der Waals surface area contributed by atoms with Crippen LogP contribution in [0.1, 0.15) is 42.3 Å². The highest BCUT2D eigenvalue weighted by Crippen LogP contribution is 2.45. The molecule has 2 unspecified atom stereocenters. The van der Waals surface area contributed by atoms with Crippen molar-refractivity contribution in [3.63, 3.8) is 0 Å². The summed E-state index contributed by atoms with van der Waals surface area (Å²) >= 11 is 0. The number of carbonyl (C=O) groups excluding carboxylic acids is 1. The van der Waals surface area contributed by atoms with Gasteiger partial charge >= 0.3 is 12.2 Å². The van der Waals surface area contributed by atoms with Gasteiger partial charge in [0.1, 0.15) is 5.92 Å². The maximum absolute atomic E-state index is 13.8. The Morgan fingerprint density at radius 1 is 1.19 bits per heavy atom. The van der Waals surface area contributed by atoms with Crippen LogP contribution in [0, 0.1) is 5.95 Å². The predicted octanol–water partition coefficient (Wildman–Crippen LogP) is 3.53. The van der Waals surface area contributed by atoms with E-state index in [1.807, 2.05) is 0 Å². The molecule has 0 spiro atoms. The molecule has 11 nitrogen and oxygen atoms in total. The van der Waals surface area contributed by atoms with Gasteiger partial charge in [-0.1, -0.05) is 5.21 Å². The van der Waals surface area contributed by atoms with Crippen molar-refractivity contribution in [2.45, 2.75) is 31.5 Å². The number of hydrogen-bond donors (Lipinski definition) is 2. The van der Waals surface area contributed by atoms with Gasteiger partial charge in [-0.3, -0.25) is 4.90 Å². The Kier molecular flexibility index (Phi) is 5.73. The first-order chi connectivity index (χ1) is 17.5. The van der Waals surface area contributed by atoms with Gasteiger partial charge < -0.3 is 10.4 Å². The molecule has 0 fully saturated rings. The zero-order valence-electron chi connectivity index (χ0n) is 18.5. The Balaban J connectivity index is 1.49. The number of aromatic nitrogens is 7. The number of rotatable bonds is 4. The van der Waals surface area contributed by atoms with Crippen LogP contribution < -0.4 is 10.2 Å². The lowest BCUT2D eigenvalue weighted by Crippen LogP contribution is -2.36. The van der Waals surface area contributed by atoms with Crippen molar-refractivity contribution in [2.75, 3.05) is 16.8 Å². The maximum Gasteiger partial charge on any atom is 0.399 e. The molecule has 17 heteroatoms. The minimum Gasteiger partial charge on any atom is -0.387 e. The number of pyridine rings is 1. The highest BCUT2D eigenvalue weighted by atomic mass is 19.4. The van der Waals surface area contributed by atoms with E-state index in [0.29, 0.717) is 9.42 Å². The van der Waals surface area contributed by atoms with Crippen molar-refractivity contribution in [1.29, 1.82) is 0 Å². The monoisotopic (exact) mass is 527 g/mol. The van der Waals surface area contributed by atoms with E-state index in [-0.39, 0.29) is 28.5 Å². The van der Waals surface area contributed by atoms with Crippen molar-refractivity contribution < 1.29 is 36.2 Å². The molecular weight excluding hydrogens is 512 g/mol. The van der Waals surface area contributed by atoms with Crippen LogP contribution in [0.5, 0.6) is 0 Å². The van der Waals surface area contributed by atoms with Crippen LogP contribution in [0.4, 0.5) is 42.5 Å². The van der Waals surface area contributed by atoms with Gasteiger partial charge in [-0.2, -0.15) is 22.2 Å². The van der Waals surface area contributed by atoms with Crippen molar-refractivity contribution in [1.82, 2.24) is 34.6 Å². The number of nitrogens with zero attached hydrogens (tertiary/aromatic N) is 8. The van der Waals surface area contributed by atoms with Gasteiger partial charge in [-0.05, 0) is 13.0 Å². The number of urea groups is 1. The summed E-state index contributed by atoms with van der Waals surface area (Å²) < 4.78 is 84.3. The number of fused-ring (bicyclic) bond motifs is 3. The van der Waals surface area contributed by atoms with E-state index in [0.717, 1.165) is 35.4 Å². The first-order valence-electron chi connectivity index (χ1n) is 10.5. The zero-order valence-corrected chi connectivity index (χ0v) is 18.5. The maximum atomic E-state index is 13.8. The second-order valence-corrected chi connectivity index (χ2v) is 8.08. The summed E-state index contributed by atoms with van der Waals surface area (Å²) in [6.07, 6.45) is -5.89. The molecule has 2 atom stereocenters. The van der Waals surface area contributed by atoms with E-state index in [9.17, 15) is 36.2 Å². The summed E-state index contributed by atoms with van der Waals surface area (Å²) in [4.78, 5) is 21.4. The van der Waals surface area contributed by atoms with Gasteiger partial charge in [0, 0.05) is 12.6 Å². The third-order valence-corrected chi connectivity index (χ3v) is 5.68. The Labute approximate surface area is 202 Å². The van der Waals surface area contributed by atoms with E-state index in [1.54, 1.807) is 0 Å². The fourth-order valence-electron chi connectivity index (χ4n) is 4.03. The molecule has 1 aliphatic heterocycles. The van der Waals surface area contributed by atoms with Crippen LogP contribution >= 0.6 is 0 Å². The third-order valence-electron chi connectivity index (χ3n) is 5.68. The normalized spacial score (nSPS) is 16.5. The largest absolute Gasteiger partial charge is 0.399 e. The molecular formula is C20H15F6N9O2. The quantitative estimate of drug-likeness (QED) is 0.389. The van der Waals surface area contributed by atoms with Crippen LogP contribution in [0.15, 0.2) is 30.7 Å². The second kappa shape index (κ2) is 8.68. The molecule has 0 aliphatic carbocycles. The number of anilines is 2. The highest BCUT2D eigenvalue weighted by molar-refractivity contribution is 6.03. The van der Waals surface area contributed by atoms with Crippen LogP contribution in [0.25, 0.3) is 11.5 Å². The summed E-state index contributed by atoms with van der Waals surface area (Å²) in [7, 11) is 0. The molecule has 37 heavy (non-hydrogen) atoms. The molecule has 0 saturated carbocycles. The smallest absolute Gasteiger partial charge is 0.387 e. The van der Waals surface area contributed by atoms with Gasteiger partial charge in [0.2, 0.25) is 5.95 Å². The number of aliphatic hydroxyl groups is 1. The summed E-state index contributed by atoms with van der Waals surface area (Å²) in [6.45, 7) is 0.491. The molecule has 2 N–H and O–H groups in total. The Bertz CT molecular complexity index is 1500. The molecule has 5 rings (SSSR count). The average molecular weight is 527 g/mol. The van der Waals surface area contributed by atoms with Crippen molar-refractivity contribution in [2.24, 2.45) is 0 Å². The average Bonchev–Trinajstić information content (AvgIpc) is 3.54. The van der Waals surface area contributed by atoms with Gasteiger partial charge in [0.15, 0.2) is 11.5 Å². The zero-order chi connectivity index (χ0) is 26.6. The molecule has 4 aromatic rings. The van der Waals surface area contributed by atoms with E-state index in [2.05, 4.69) is 30.7 Å². The lowest BCUT2D eigenvalue weighted by atomic mass is 10.1. The number of carbonyl (C=O) groups is 1. The molecule has 4 aromatic heterocycles. The van der Waals surface area contributed by atoms with Gasteiger partial charge in [-0.25, -0.2) is 28.1 Å². The summed E-state index contributed by atoms with van der Waals surface area (Å²) in [6, 6.07) is 0.621. The number of alkyl halides is 5. The minimum atomic E-state index is -4.81. The molecule has 2 amide bonds. The fraction of sp³-hybridized carbons (Fsp3) is 0.300. The lowest BCUT2D eigenvalue weighted by molar-refractivity contribution is -0.147. The van der Waals surface area contributed by atoms with Crippen molar-refractivity contribution in [3.8, 4) is 5.82 Å². The summed E-state index contributed by atoms with van der Waals surface area (Å²) in [5.41, 5.74) is -1.81. The molecule has 0 radical (unpaired) electrons. The number of aliphatic hydroxyl groups excluding tert-OH is 1. The van der Waals surface area contributed by atoms with E-state index in [1.165, 1.54) is 6.92 Å². The Hall–Kier alpha value is -4.28. The highest BCUT2D eigenvalue weighted by Gasteiger charge is 2.50. The molecule has 5 heterocycles. The standard InChI is InChI=1S/C20H15F6N9O2/c1-8(36)12-6-29-32-34(12)18-10(17(22)23)2-9(4-28-18)30-19(37)33-7-11(20(24,25)26)16-13(33)5-27-15-3-14(21)31-35(15)16/h2-6,8,11,17,36H,7H2,1H3,(H,30,37). The number of nitrogens with one attached hydrogen (secondary N) is 1. The van der Waals surface area contributed by atoms with E-state index < -0.39 is 54.4 Å². The third kappa shape index (κ3) is 4.20. The van der Waals surface area contributed by atoms with E-state index in [4.69, 9.17) is 0 Å².